The molecule has 6 nitrogen and oxygen atoms in total. The second-order valence-electron chi connectivity index (χ2n) is 6.53. The Labute approximate surface area is 161 Å². The van der Waals surface area contributed by atoms with Gasteiger partial charge < -0.3 is 5.32 Å². The van der Waals surface area contributed by atoms with Gasteiger partial charge in [0, 0.05) is 17.6 Å². The molecule has 1 amide bonds. The maximum absolute atomic E-state index is 12.7. The molecule has 138 valence electrons. The summed E-state index contributed by atoms with van der Waals surface area (Å²) in [4.78, 5) is 29.2. The predicted octanol–water partition coefficient (Wildman–Crippen LogP) is 3.40. The van der Waals surface area contributed by atoms with E-state index in [1.165, 1.54) is 16.8 Å². The maximum atomic E-state index is 12.7. The molecule has 0 saturated heterocycles. The van der Waals surface area contributed by atoms with Crippen molar-refractivity contribution in [1.82, 2.24) is 14.8 Å². The summed E-state index contributed by atoms with van der Waals surface area (Å²) in [6.45, 7) is 2.31. The van der Waals surface area contributed by atoms with Gasteiger partial charge in [-0.15, -0.1) is 0 Å². The molecule has 0 bridgehead atoms. The molecular weight excluding hydrogens is 352 g/mol. The number of aromatic nitrogens is 3. The van der Waals surface area contributed by atoms with Gasteiger partial charge in [0.1, 0.15) is 5.69 Å². The van der Waals surface area contributed by atoms with E-state index >= 15 is 0 Å². The molecule has 28 heavy (non-hydrogen) atoms. The van der Waals surface area contributed by atoms with E-state index in [1.807, 2.05) is 61.5 Å². The molecule has 4 rings (SSSR count). The number of rotatable bonds is 4. The van der Waals surface area contributed by atoms with E-state index < -0.39 is 0 Å². The van der Waals surface area contributed by atoms with E-state index in [-0.39, 0.29) is 17.2 Å². The lowest BCUT2D eigenvalue weighted by Crippen LogP contribution is -2.26. The minimum atomic E-state index is -0.381. The zero-order chi connectivity index (χ0) is 19.5. The summed E-state index contributed by atoms with van der Waals surface area (Å²) in [6, 6.07) is 19.9. The number of aryl methyl sites for hydroxylation is 1. The largest absolute Gasteiger partial charge is 0.320 e. The highest BCUT2D eigenvalue weighted by molar-refractivity contribution is 6.07. The SMILES string of the molecule is Cc1ccc(Cn2nc(C(=O)Nc3cccc4ncccc34)ccc2=O)cc1. The number of anilines is 1. The number of amides is 1. The topological polar surface area (TPSA) is 76.9 Å². The first kappa shape index (κ1) is 17.6. The molecule has 0 spiro atoms. The Hall–Kier alpha value is -3.80. The second-order valence-corrected chi connectivity index (χ2v) is 6.53. The van der Waals surface area contributed by atoms with Crippen molar-refractivity contribution in [2.75, 3.05) is 5.32 Å². The summed E-state index contributed by atoms with van der Waals surface area (Å²) < 4.78 is 1.30. The molecule has 0 aliphatic carbocycles. The minimum absolute atomic E-state index is 0.174. The molecular formula is C22H18N4O2. The van der Waals surface area contributed by atoms with Crippen LogP contribution in [0.25, 0.3) is 10.9 Å². The third kappa shape index (κ3) is 3.66. The Kier molecular flexibility index (Phi) is 4.68. The minimum Gasteiger partial charge on any atom is -0.320 e. The molecule has 0 saturated carbocycles. The summed E-state index contributed by atoms with van der Waals surface area (Å²) in [7, 11) is 0. The summed E-state index contributed by atoms with van der Waals surface area (Å²) >= 11 is 0. The lowest BCUT2D eigenvalue weighted by Gasteiger charge is -2.10. The number of carbonyl (C=O) groups is 1. The molecule has 0 atom stereocenters. The van der Waals surface area contributed by atoms with Crippen LogP contribution in [0.15, 0.2) is 77.7 Å². The fraction of sp³-hybridized carbons (Fsp3) is 0.0909. The summed E-state index contributed by atoms with van der Waals surface area (Å²) in [5.74, 6) is -0.381. The number of nitrogens with one attached hydrogen (secondary N) is 1. The van der Waals surface area contributed by atoms with Crippen LogP contribution in [0.2, 0.25) is 0 Å². The number of nitrogens with zero attached hydrogens (tertiary/aromatic N) is 3. The van der Waals surface area contributed by atoms with Crippen molar-refractivity contribution < 1.29 is 4.79 Å². The van der Waals surface area contributed by atoms with E-state index in [0.717, 1.165) is 22.0 Å². The first-order chi connectivity index (χ1) is 13.6. The Morgan fingerprint density at radius 2 is 1.82 bits per heavy atom. The van der Waals surface area contributed by atoms with Crippen molar-refractivity contribution in [3.63, 3.8) is 0 Å². The summed E-state index contributed by atoms with van der Waals surface area (Å²) in [5.41, 5.74) is 3.44. The van der Waals surface area contributed by atoms with Crippen LogP contribution < -0.4 is 10.9 Å². The highest BCUT2D eigenvalue weighted by atomic mass is 16.2. The van der Waals surface area contributed by atoms with Crippen LogP contribution in [0.4, 0.5) is 5.69 Å². The van der Waals surface area contributed by atoms with Gasteiger partial charge in [-0.2, -0.15) is 5.10 Å². The molecule has 6 heteroatoms. The Bertz CT molecular complexity index is 1210. The van der Waals surface area contributed by atoms with Gasteiger partial charge in [-0.3, -0.25) is 14.6 Å². The third-order valence-electron chi connectivity index (χ3n) is 4.45. The number of hydrogen-bond donors (Lipinski definition) is 1. The molecule has 2 aromatic heterocycles. The number of fused-ring (bicyclic) bond motifs is 1. The average Bonchev–Trinajstić information content (AvgIpc) is 2.71. The van der Waals surface area contributed by atoms with Crippen LogP contribution in [0.3, 0.4) is 0 Å². The Morgan fingerprint density at radius 3 is 2.64 bits per heavy atom. The van der Waals surface area contributed by atoms with Gasteiger partial charge in [0.05, 0.1) is 17.7 Å². The van der Waals surface area contributed by atoms with Gasteiger partial charge in [0.15, 0.2) is 0 Å². The molecule has 0 unspecified atom stereocenters. The molecule has 0 fully saturated rings. The Balaban J connectivity index is 1.61. The quantitative estimate of drug-likeness (QED) is 0.597. The van der Waals surface area contributed by atoms with Gasteiger partial charge in [-0.1, -0.05) is 35.9 Å². The van der Waals surface area contributed by atoms with Crippen LogP contribution in [0.1, 0.15) is 21.6 Å². The molecule has 0 radical (unpaired) electrons. The van der Waals surface area contributed by atoms with Crippen molar-refractivity contribution in [3.8, 4) is 0 Å². The molecule has 4 aromatic rings. The smallest absolute Gasteiger partial charge is 0.276 e. The zero-order valence-electron chi connectivity index (χ0n) is 15.3. The first-order valence-corrected chi connectivity index (χ1v) is 8.89. The van der Waals surface area contributed by atoms with Gasteiger partial charge >= 0.3 is 0 Å². The second kappa shape index (κ2) is 7.44. The lowest BCUT2D eigenvalue weighted by molar-refractivity contribution is 0.102. The van der Waals surface area contributed by atoms with E-state index in [9.17, 15) is 9.59 Å². The van der Waals surface area contributed by atoms with Gasteiger partial charge in [-0.25, -0.2) is 4.68 Å². The van der Waals surface area contributed by atoms with Crippen molar-refractivity contribution in [1.29, 1.82) is 0 Å². The van der Waals surface area contributed by atoms with Crippen LogP contribution in [0, 0.1) is 6.92 Å². The number of carbonyl (C=O) groups excluding carboxylic acids is 1. The van der Waals surface area contributed by atoms with Gasteiger partial charge in [-0.05, 0) is 42.8 Å². The first-order valence-electron chi connectivity index (χ1n) is 8.89. The highest BCUT2D eigenvalue weighted by Crippen LogP contribution is 2.21. The van der Waals surface area contributed by atoms with Gasteiger partial charge in [0.25, 0.3) is 11.5 Å². The zero-order valence-corrected chi connectivity index (χ0v) is 15.3. The Morgan fingerprint density at radius 1 is 1.00 bits per heavy atom. The third-order valence-corrected chi connectivity index (χ3v) is 4.45. The monoisotopic (exact) mass is 370 g/mol. The van der Waals surface area contributed by atoms with Crippen molar-refractivity contribution in [3.05, 3.63) is 100 Å². The number of hydrogen-bond acceptors (Lipinski definition) is 4. The fourth-order valence-electron chi connectivity index (χ4n) is 2.95. The van der Waals surface area contributed by atoms with Crippen LogP contribution in [0.5, 0.6) is 0 Å². The number of benzene rings is 2. The van der Waals surface area contributed by atoms with Crippen LogP contribution >= 0.6 is 0 Å². The summed E-state index contributed by atoms with van der Waals surface area (Å²) in [6.07, 6.45) is 1.70. The molecule has 0 aliphatic rings. The normalized spacial score (nSPS) is 10.8. The average molecular weight is 370 g/mol. The molecule has 1 N–H and O–H groups in total. The van der Waals surface area contributed by atoms with Crippen molar-refractivity contribution in [2.45, 2.75) is 13.5 Å². The molecule has 2 aromatic carbocycles. The fourth-order valence-corrected chi connectivity index (χ4v) is 2.95. The van der Waals surface area contributed by atoms with E-state index in [0.29, 0.717) is 12.2 Å². The maximum Gasteiger partial charge on any atom is 0.276 e. The molecule has 2 heterocycles. The standard InChI is InChI=1S/C22H18N4O2/c1-15-7-9-16(10-8-15)14-26-21(27)12-11-20(25-26)22(28)24-19-6-2-5-18-17(19)4-3-13-23-18/h2-13H,14H2,1H3,(H,24,28). The van der Waals surface area contributed by atoms with Crippen molar-refractivity contribution >= 4 is 22.5 Å². The van der Waals surface area contributed by atoms with Crippen LogP contribution in [-0.4, -0.2) is 20.7 Å². The van der Waals surface area contributed by atoms with Crippen molar-refractivity contribution in [2.24, 2.45) is 0 Å². The van der Waals surface area contributed by atoms with E-state index in [2.05, 4.69) is 15.4 Å². The van der Waals surface area contributed by atoms with E-state index in [4.69, 9.17) is 0 Å². The van der Waals surface area contributed by atoms with Gasteiger partial charge in [0.2, 0.25) is 0 Å². The highest BCUT2D eigenvalue weighted by Gasteiger charge is 2.12. The van der Waals surface area contributed by atoms with Crippen LogP contribution in [-0.2, 0) is 6.54 Å². The summed E-state index contributed by atoms with van der Waals surface area (Å²) in [5, 5.41) is 7.94. The predicted molar refractivity (Wildman–Crippen MR) is 108 cm³/mol. The molecule has 0 aliphatic heterocycles. The number of pyridine rings is 1. The lowest BCUT2D eigenvalue weighted by atomic mass is 10.1. The van der Waals surface area contributed by atoms with E-state index in [1.54, 1.807) is 6.20 Å².